The SMILES string of the molecule is CC(C)(C)c1cc(-c2ccc(N3c4cc(-n5c6ccc(C(C)(C)C)cc6c6cc(C(C)(C)C)ccc65)ccc4B4c5ccc(-n6c7ccc(C(C)(C)C)cc7c7cc(C(C)(C)C)ccc76)cc5N(c5ccc(-c6ccc7c(c6)C(C)(C)CCC7(C)C)cc5)c5cc(-n6c7ccccc7c7ccccc76)cc3c54)cc2)cc(C(C)(C)C)c1. The number of fused-ring (bicyclic) bond motifs is 14. The van der Waals surface area contributed by atoms with Gasteiger partial charge in [0.05, 0.1) is 38.8 Å². The molecule has 0 unspecified atom stereocenters. The minimum Gasteiger partial charge on any atom is -0.311 e. The fourth-order valence-electron chi connectivity index (χ4n) is 19.6. The number of para-hydroxylation sites is 2. The molecule has 5 nitrogen and oxygen atoms in total. The molecule has 0 saturated heterocycles. The molecule has 116 heavy (non-hydrogen) atoms. The third-order valence-corrected chi connectivity index (χ3v) is 26.8. The summed E-state index contributed by atoms with van der Waals surface area (Å²) in [5.74, 6) is 0. The summed E-state index contributed by atoms with van der Waals surface area (Å²) in [5.41, 5.74) is 36.6. The molecular formula is C110H112BN5. The van der Waals surface area contributed by atoms with Gasteiger partial charge in [-0.25, -0.2) is 0 Å². The van der Waals surface area contributed by atoms with E-state index in [0.29, 0.717) is 0 Å². The van der Waals surface area contributed by atoms with E-state index in [2.05, 4.69) is 431 Å². The summed E-state index contributed by atoms with van der Waals surface area (Å²) in [6, 6.07) is 101. The predicted molar refractivity (Wildman–Crippen MR) is 502 cm³/mol. The van der Waals surface area contributed by atoms with Gasteiger partial charge in [0.25, 0.3) is 6.71 Å². The van der Waals surface area contributed by atoms with Crippen LogP contribution in [0.1, 0.15) is 210 Å². The van der Waals surface area contributed by atoms with Gasteiger partial charge in [-0.15, -0.1) is 0 Å². The van der Waals surface area contributed by atoms with E-state index in [4.69, 9.17) is 0 Å². The van der Waals surface area contributed by atoms with Crippen molar-refractivity contribution in [1.82, 2.24) is 13.7 Å². The third kappa shape index (κ3) is 12.1. The molecule has 0 saturated carbocycles. The smallest absolute Gasteiger partial charge is 0.252 e. The van der Waals surface area contributed by atoms with E-state index in [9.17, 15) is 0 Å². The van der Waals surface area contributed by atoms with E-state index in [-0.39, 0.29) is 50.0 Å². The lowest BCUT2D eigenvalue weighted by Gasteiger charge is -2.44. The number of hydrogen-bond donors (Lipinski definition) is 0. The maximum atomic E-state index is 2.66. The largest absolute Gasteiger partial charge is 0.311 e. The summed E-state index contributed by atoms with van der Waals surface area (Å²) >= 11 is 0. The molecule has 0 N–H and O–H groups in total. The standard InChI is InChI=1S/C110H112BN5/c1-103(2,3)71-36-49-94-84(59-71)85-60-72(104(4,5)6)37-50-95(85)114(94)79-44-47-90-98(63-79)112(77-40-31-67(32-41-77)69-35-46-88-89(57-69)110(21,22)54-53-109(88,19)20)100-65-81(116-92-29-25-23-27-82(92)83-28-24-26-30-93(83)116)66-101-102(100)111(90)91-48-45-80(115-96-51-38-73(105(7,8)9)61-86(96)87-62-74(106(10,11)12)39-52-97(87)115)64-99(91)113(101)78-42-33-68(34-43-78)70-55-75(107(13,14)15)58-76(56-70)108(16,17)18/h23-52,55-66H,53-54H2,1-22H3. The highest BCUT2D eigenvalue weighted by Crippen LogP contribution is 2.52. The molecule has 0 radical (unpaired) electrons. The first-order valence-corrected chi connectivity index (χ1v) is 42.5. The van der Waals surface area contributed by atoms with E-state index >= 15 is 0 Å². The predicted octanol–water partition coefficient (Wildman–Crippen LogP) is 28.5. The van der Waals surface area contributed by atoms with Crippen molar-refractivity contribution < 1.29 is 0 Å². The minimum absolute atomic E-state index is 0.0487. The van der Waals surface area contributed by atoms with Gasteiger partial charge in [0, 0.05) is 77.8 Å². The molecule has 0 bridgehead atoms. The van der Waals surface area contributed by atoms with Crippen LogP contribution in [-0.4, -0.2) is 20.4 Å². The second-order valence-electron chi connectivity index (χ2n) is 41.9. The van der Waals surface area contributed by atoms with Gasteiger partial charge in [-0.05, 0) is 261 Å². The molecule has 16 aromatic rings. The normalized spacial score (nSPS) is 15.0. The van der Waals surface area contributed by atoms with Crippen LogP contribution >= 0.6 is 0 Å². The Kier molecular flexibility index (Phi) is 16.6. The highest BCUT2D eigenvalue weighted by Gasteiger charge is 2.45. The lowest BCUT2D eigenvalue weighted by atomic mass is 9.33. The van der Waals surface area contributed by atoms with Gasteiger partial charge in [0.15, 0.2) is 0 Å². The minimum atomic E-state index is -0.214. The summed E-state index contributed by atoms with van der Waals surface area (Å²) in [6.45, 7) is 51.7. The zero-order valence-electron chi connectivity index (χ0n) is 72.5. The summed E-state index contributed by atoms with van der Waals surface area (Å²) in [7, 11) is 0. The van der Waals surface area contributed by atoms with Gasteiger partial charge in [-0.1, -0.05) is 286 Å². The quantitative estimate of drug-likeness (QED) is 0.148. The van der Waals surface area contributed by atoms with Gasteiger partial charge in [0.1, 0.15) is 0 Å². The highest BCUT2D eigenvalue weighted by molar-refractivity contribution is 7.00. The third-order valence-electron chi connectivity index (χ3n) is 26.8. The Bertz CT molecular complexity index is 6530. The molecule has 3 aliphatic rings. The lowest BCUT2D eigenvalue weighted by Crippen LogP contribution is -2.61. The molecule has 2 aliphatic heterocycles. The van der Waals surface area contributed by atoms with Crippen molar-refractivity contribution >= 4 is 123 Å². The Morgan fingerprint density at radius 1 is 0.241 bits per heavy atom. The fraction of sp³-hybridized carbons (Fsp3) is 0.291. The lowest BCUT2D eigenvalue weighted by molar-refractivity contribution is 0.332. The van der Waals surface area contributed by atoms with Gasteiger partial charge in [0.2, 0.25) is 0 Å². The van der Waals surface area contributed by atoms with Crippen LogP contribution in [0.3, 0.4) is 0 Å². The van der Waals surface area contributed by atoms with Crippen LogP contribution in [-0.2, 0) is 43.3 Å². The van der Waals surface area contributed by atoms with E-state index in [1.165, 1.54) is 144 Å². The van der Waals surface area contributed by atoms with Crippen LogP contribution in [0, 0.1) is 0 Å². The number of hydrogen-bond acceptors (Lipinski definition) is 2. The van der Waals surface area contributed by atoms with Crippen molar-refractivity contribution in [3.63, 3.8) is 0 Å². The number of anilines is 6. The summed E-state index contributed by atoms with van der Waals surface area (Å²) in [5, 5.41) is 7.54. The molecule has 580 valence electrons. The summed E-state index contributed by atoms with van der Waals surface area (Å²) in [4.78, 5) is 5.31. The van der Waals surface area contributed by atoms with Gasteiger partial charge < -0.3 is 23.5 Å². The number of benzene rings is 13. The molecule has 3 aromatic heterocycles. The molecule has 13 aromatic carbocycles. The maximum absolute atomic E-state index is 2.66. The molecule has 5 heterocycles. The van der Waals surface area contributed by atoms with Crippen LogP contribution in [0.4, 0.5) is 34.1 Å². The van der Waals surface area contributed by atoms with Crippen molar-refractivity contribution in [1.29, 1.82) is 0 Å². The second kappa shape index (κ2) is 25.7. The Morgan fingerprint density at radius 2 is 0.560 bits per heavy atom. The zero-order valence-corrected chi connectivity index (χ0v) is 72.5. The molecule has 0 spiro atoms. The van der Waals surface area contributed by atoms with Gasteiger partial charge in [-0.2, -0.15) is 0 Å². The van der Waals surface area contributed by atoms with Crippen LogP contribution in [0.15, 0.2) is 255 Å². The van der Waals surface area contributed by atoms with Crippen LogP contribution in [0.5, 0.6) is 0 Å². The fourth-order valence-corrected chi connectivity index (χ4v) is 19.6. The maximum Gasteiger partial charge on any atom is 0.252 e. The highest BCUT2D eigenvalue weighted by atomic mass is 15.2. The summed E-state index contributed by atoms with van der Waals surface area (Å²) in [6.07, 6.45) is 2.34. The zero-order chi connectivity index (χ0) is 81.4. The van der Waals surface area contributed by atoms with Crippen molar-refractivity contribution in [2.24, 2.45) is 0 Å². The monoisotopic (exact) mass is 1510 g/mol. The molecule has 1 aliphatic carbocycles. The van der Waals surface area contributed by atoms with Crippen molar-refractivity contribution in [2.45, 2.75) is 208 Å². The van der Waals surface area contributed by atoms with Crippen molar-refractivity contribution in [2.75, 3.05) is 9.80 Å². The van der Waals surface area contributed by atoms with Crippen molar-refractivity contribution in [3.8, 4) is 39.3 Å². The first kappa shape index (κ1) is 75.0. The van der Waals surface area contributed by atoms with Crippen LogP contribution in [0.25, 0.3) is 105 Å². The van der Waals surface area contributed by atoms with Crippen LogP contribution < -0.4 is 26.2 Å². The Balaban J connectivity index is 0.921. The van der Waals surface area contributed by atoms with E-state index in [1.807, 2.05) is 0 Å². The van der Waals surface area contributed by atoms with Crippen LogP contribution in [0.2, 0.25) is 0 Å². The van der Waals surface area contributed by atoms with E-state index < -0.39 is 0 Å². The molecule has 0 amide bonds. The molecule has 0 fully saturated rings. The van der Waals surface area contributed by atoms with Crippen molar-refractivity contribution in [3.05, 3.63) is 299 Å². The first-order valence-electron chi connectivity index (χ1n) is 42.5. The Hall–Kier alpha value is -11.1. The Morgan fingerprint density at radius 3 is 0.940 bits per heavy atom. The molecule has 0 atom stereocenters. The average Bonchev–Trinajstić information content (AvgIpc) is 0.893. The first-order chi connectivity index (χ1) is 54.8. The Labute approximate surface area is 688 Å². The van der Waals surface area contributed by atoms with E-state index in [0.717, 1.165) is 68.6 Å². The molecule has 19 rings (SSSR count). The van der Waals surface area contributed by atoms with Gasteiger partial charge in [-0.3, -0.25) is 0 Å². The number of nitrogens with zero attached hydrogens (tertiary/aromatic N) is 5. The molecule has 6 heteroatoms. The summed E-state index contributed by atoms with van der Waals surface area (Å²) < 4.78 is 7.68. The topological polar surface area (TPSA) is 21.3 Å². The van der Waals surface area contributed by atoms with E-state index in [1.54, 1.807) is 0 Å². The molecular weight excluding hydrogens is 1400 g/mol. The number of rotatable bonds is 7. The second-order valence-corrected chi connectivity index (χ2v) is 41.9. The average molecular weight is 1510 g/mol. The van der Waals surface area contributed by atoms with Gasteiger partial charge >= 0.3 is 0 Å². The number of aromatic nitrogens is 3.